The van der Waals surface area contributed by atoms with Crippen LogP contribution in [0.5, 0.6) is 0 Å². The Hall–Kier alpha value is -0.300. The molecule has 0 aromatic carbocycles. The molecule has 0 spiro atoms. The van der Waals surface area contributed by atoms with Crippen LogP contribution in [-0.2, 0) is 0 Å². The Labute approximate surface area is 106 Å². The van der Waals surface area contributed by atoms with Crippen molar-refractivity contribution >= 4 is 0 Å². The Morgan fingerprint density at radius 3 is 2.88 bits per heavy atom. The second-order valence-corrected chi connectivity index (χ2v) is 6.44. The van der Waals surface area contributed by atoms with Crippen LogP contribution in [0, 0.1) is 17.8 Å². The molecule has 0 radical (unpaired) electrons. The summed E-state index contributed by atoms with van der Waals surface area (Å²) in [6, 6.07) is 0.743. The molecule has 96 valence electrons. The Morgan fingerprint density at radius 1 is 1.35 bits per heavy atom. The van der Waals surface area contributed by atoms with Crippen molar-refractivity contribution < 1.29 is 0 Å². The van der Waals surface area contributed by atoms with Gasteiger partial charge in [0.15, 0.2) is 0 Å². The van der Waals surface area contributed by atoms with Crippen LogP contribution in [0.2, 0.25) is 0 Å². The zero-order chi connectivity index (χ0) is 11.7. The lowest BCUT2D eigenvalue weighted by atomic mass is 9.80. The van der Waals surface area contributed by atoms with E-state index in [2.05, 4.69) is 18.3 Å². The highest BCUT2D eigenvalue weighted by Gasteiger charge is 2.43. The maximum atomic E-state index is 3.87. The second kappa shape index (κ2) is 5.14. The van der Waals surface area contributed by atoms with Crippen molar-refractivity contribution in [3.8, 4) is 0 Å². The van der Waals surface area contributed by atoms with E-state index >= 15 is 0 Å². The number of hydrogen-bond donors (Lipinski definition) is 1. The van der Waals surface area contributed by atoms with Crippen LogP contribution in [0.15, 0.2) is 11.6 Å². The molecule has 2 saturated carbocycles. The van der Waals surface area contributed by atoms with E-state index in [0.29, 0.717) is 0 Å². The Bertz CT molecular complexity index is 294. The molecule has 3 aliphatic rings. The Balaban J connectivity index is 1.69. The summed E-state index contributed by atoms with van der Waals surface area (Å²) in [6.45, 7) is 3.49. The Kier molecular flexibility index (Phi) is 3.56. The summed E-state index contributed by atoms with van der Waals surface area (Å²) >= 11 is 0. The fourth-order valence-corrected chi connectivity index (χ4v) is 4.54. The maximum absolute atomic E-state index is 3.87. The molecule has 4 unspecified atom stereocenters. The molecular formula is C16H27N. The highest BCUT2D eigenvalue weighted by molar-refractivity contribution is 5.18. The summed E-state index contributed by atoms with van der Waals surface area (Å²) < 4.78 is 0. The van der Waals surface area contributed by atoms with Crippen LogP contribution >= 0.6 is 0 Å². The lowest BCUT2D eigenvalue weighted by Crippen LogP contribution is -2.40. The zero-order valence-corrected chi connectivity index (χ0v) is 11.3. The molecule has 0 aliphatic heterocycles. The van der Waals surface area contributed by atoms with Gasteiger partial charge < -0.3 is 5.32 Å². The average molecular weight is 233 g/mol. The minimum atomic E-state index is 0.743. The van der Waals surface area contributed by atoms with Crippen LogP contribution in [-0.4, -0.2) is 12.6 Å². The van der Waals surface area contributed by atoms with Crippen molar-refractivity contribution in [1.82, 2.24) is 5.32 Å². The molecule has 0 saturated heterocycles. The molecular weight excluding hydrogens is 206 g/mol. The van der Waals surface area contributed by atoms with Crippen LogP contribution in [0.1, 0.15) is 58.3 Å². The first-order valence-electron chi connectivity index (χ1n) is 7.80. The average Bonchev–Trinajstić information content (AvgIpc) is 3.06. The minimum Gasteiger partial charge on any atom is -0.310 e. The van der Waals surface area contributed by atoms with Crippen molar-refractivity contribution in [3.63, 3.8) is 0 Å². The summed E-state index contributed by atoms with van der Waals surface area (Å²) in [4.78, 5) is 0. The number of hydrogen-bond acceptors (Lipinski definition) is 1. The van der Waals surface area contributed by atoms with Crippen LogP contribution in [0.3, 0.4) is 0 Å². The second-order valence-electron chi connectivity index (χ2n) is 6.44. The van der Waals surface area contributed by atoms with E-state index in [1.54, 1.807) is 12.0 Å². The molecule has 4 atom stereocenters. The SMILES string of the molecule is CCCNC(C1=CCCC1)C1CC2CCC1C2. The number of allylic oxidation sites excluding steroid dienone is 1. The summed E-state index contributed by atoms with van der Waals surface area (Å²) in [5, 5.41) is 3.87. The van der Waals surface area contributed by atoms with Crippen LogP contribution in [0.4, 0.5) is 0 Å². The monoisotopic (exact) mass is 233 g/mol. The smallest absolute Gasteiger partial charge is 0.0310 e. The molecule has 1 N–H and O–H groups in total. The van der Waals surface area contributed by atoms with Crippen molar-refractivity contribution in [1.29, 1.82) is 0 Å². The van der Waals surface area contributed by atoms with Gasteiger partial charge in [0.2, 0.25) is 0 Å². The number of rotatable bonds is 5. The van der Waals surface area contributed by atoms with Gasteiger partial charge in [-0.15, -0.1) is 0 Å². The zero-order valence-electron chi connectivity index (χ0n) is 11.3. The van der Waals surface area contributed by atoms with Gasteiger partial charge in [0.1, 0.15) is 0 Å². The summed E-state index contributed by atoms with van der Waals surface area (Å²) in [5.74, 6) is 3.11. The van der Waals surface area contributed by atoms with Crippen LogP contribution in [0.25, 0.3) is 0 Å². The Morgan fingerprint density at radius 2 is 2.29 bits per heavy atom. The van der Waals surface area contributed by atoms with E-state index in [4.69, 9.17) is 0 Å². The minimum absolute atomic E-state index is 0.743. The molecule has 17 heavy (non-hydrogen) atoms. The van der Waals surface area contributed by atoms with Crippen molar-refractivity contribution in [2.45, 2.75) is 64.3 Å². The maximum Gasteiger partial charge on any atom is 0.0310 e. The van der Waals surface area contributed by atoms with Gasteiger partial charge in [0, 0.05) is 6.04 Å². The fraction of sp³-hybridized carbons (Fsp3) is 0.875. The van der Waals surface area contributed by atoms with Crippen molar-refractivity contribution in [2.75, 3.05) is 6.54 Å². The van der Waals surface area contributed by atoms with Gasteiger partial charge >= 0.3 is 0 Å². The van der Waals surface area contributed by atoms with Crippen molar-refractivity contribution in [3.05, 3.63) is 11.6 Å². The first-order chi connectivity index (χ1) is 8.38. The van der Waals surface area contributed by atoms with Gasteiger partial charge in [-0.1, -0.05) is 25.0 Å². The molecule has 0 amide bonds. The molecule has 0 heterocycles. The van der Waals surface area contributed by atoms with E-state index in [0.717, 1.165) is 23.8 Å². The predicted octanol–water partition coefficient (Wildman–Crippen LogP) is 3.90. The van der Waals surface area contributed by atoms with Gasteiger partial charge in [-0.05, 0) is 69.2 Å². The fourth-order valence-electron chi connectivity index (χ4n) is 4.54. The molecule has 3 rings (SSSR count). The summed E-state index contributed by atoms with van der Waals surface area (Å²) in [6.07, 6.45) is 14.0. The molecule has 3 aliphatic carbocycles. The third kappa shape index (κ3) is 2.31. The third-order valence-electron chi connectivity index (χ3n) is 5.31. The van der Waals surface area contributed by atoms with Crippen molar-refractivity contribution in [2.24, 2.45) is 17.8 Å². The molecule has 0 aromatic rings. The predicted molar refractivity (Wildman–Crippen MR) is 73.0 cm³/mol. The van der Waals surface area contributed by atoms with Gasteiger partial charge in [-0.2, -0.15) is 0 Å². The standard InChI is InChI=1S/C16H27N/c1-2-9-17-16(13-5-3-4-6-13)15-11-12-7-8-14(15)10-12/h5,12,14-17H,2-4,6-11H2,1H3. The lowest BCUT2D eigenvalue weighted by molar-refractivity contribution is 0.269. The molecule has 1 nitrogen and oxygen atoms in total. The largest absolute Gasteiger partial charge is 0.310 e. The summed E-state index contributed by atoms with van der Waals surface area (Å²) in [5.41, 5.74) is 1.76. The highest BCUT2D eigenvalue weighted by Crippen LogP contribution is 2.51. The first-order valence-corrected chi connectivity index (χ1v) is 7.80. The van der Waals surface area contributed by atoms with Gasteiger partial charge in [0.25, 0.3) is 0 Å². The van der Waals surface area contributed by atoms with E-state index in [9.17, 15) is 0 Å². The number of fused-ring (bicyclic) bond motifs is 2. The van der Waals surface area contributed by atoms with E-state index in [-0.39, 0.29) is 0 Å². The highest BCUT2D eigenvalue weighted by atomic mass is 14.9. The van der Waals surface area contributed by atoms with E-state index in [1.165, 1.54) is 51.5 Å². The van der Waals surface area contributed by atoms with Gasteiger partial charge in [0.05, 0.1) is 0 Å². The normalized spacial score (nSPS) is 37.5. The molecule has 2 fully saturated rings. The van der Waals surface area contributed by atoms with Gasteiger partial charge in [-0.3, -0.25) is 0 Å². The van der Waals surface area contributed by atoms with Crippen LogP contribution < -0.4 is 5.32 Å². The number of nitrogens with one attached hydrogen (secondary N) is 1. The lowest BCUT2D eigenvalue weighted by Gasteiger charge is -2.32. The molecule has 0 aromatic heterocycles. The topological polar surface area (TPSA) is 12.0 Å². The quantitative estimate of drug-likeness (QED) is 0.710. The molecule has 2 bridgehead atoms. The third-order valence-corrected chi connectivity index (χ3v) is 5.31. The van der Waals surface area contributed by atoms with Gasteiger partial charge in [-0.25, -0.2) is 0 Å². The molecule has 1 heteroatoms. The van der Waals surface area contributed by atoms with E-state index < -0.39 is 0 Å². The van der Waals surface area contributed by atoms with E-state index in [1.807, 2.05) is 0 Å². The first kappa shape index (κ1) is 11.8. The summed E-state index contributed by atoms with van der Waals surface area (Å²) in [7, 11) is 0.